The zero-order valence-corrected chi connectivity index (χ0v) is 6.33. The van der Waals surface area contributed by atoms with Crippen molar-refractivity contribution < 1.29 is 0 Å². The first-order chi connectivity index (χ1) is 4.79. The van der Waals surface area contributed by atoms with E-state index in [2.05, 4.69) is 30.0 Å². The molecule has 0 atom stereocenters. The van der Waals surface area contributed by atoms with Crippen LogP contribution in [0.25, 0.3) is 0 Å². The summed E-state index contributed by atoms with van der Waals surface area (Å²) < 4.78 is 0. The SMILES string of the molecule is CC(C)Cc1cnc[c]n1. The standard InChI is InChI=1S/C8H11N2/c1-7(2)5-8-6-9-3-4-10-8/h3,6-7H,5H2,1-2H3. The lowest BCUT2D eigenvalue weighted by Gasteiger charge is -2.00. The maximum Gasteiger partial charge on any atom is 0.109 e. The molecule has 0 aromatic carbocycles. The fraction of sp³-hybridized carbons (Fsp3) is 0.500. The van der Waals surface area contributed by atoms with Crippen molar-refractivity contribution in [3.05, 3.63) is 24.3 Å². The third-order valence-electron chi connectivity index (χ3n) is 1.18. The van der Waals surface area contributed by atoms with Crippen LogP contribution in [0, 0.1) is 12.1 Å². The summed E-state index contributed by atoms with van der Waals surface area (Å²) >= 11 is 0. The Labute approximate surface area is 61.3 Å². The summed E-state index contributed by atoms with van der Waals surface area (Å²) in [5.41, 5.74) is 1.03. The summed E-state index contributed by atoms with van der Waals surface area (Å²) in [5.74, 6) is 0.644. The molecular weight excluding hydrogens is 124 g/mol. The number of hydrogen-bond donors (Lipinski definition) is 0. The molecule has 0 aliphatic carbocycles. The third-order valence-corrected chi connectivity index (χ3v) is 1.18. The highest BCUT2D eigenvalue weighted by molar-refractivity contribution is 4.94. The van der Waals surface area contributed by atoms with Crippen molar-refractivity contribution in [1.29, 1.82) is 0 Å². The average molecular weight is 135 g/mol. The van der Waals surface area contributed by atoms with Crippen LogP contribution in [-0.2, 0) is 6.42 Å². The minimum atomic E-state index is 0.644. The van der Waals surface area contributed by atoms with Crippen LogP contribution in [-0.4, -0.2) is 9.97 Å². The minimum Gasteiger partial charge on any atom is -0.260 e. The van der Waals surface area contributed by atoms with E-state index in [4.69, 9.17) is 0 Å². The first-order valence-corrected chi connectivity index (χ1v) is 3.46. The van der Waals surface area contributed by atoms with Gasteiger partial charge in [0.05, 0.1) is 11.9 Å². The van der Waals surface area contributed by atoms with Gasteiger partial charge >= 0.3 is 0 Å². The Hall–Kier alpha value is -0.920. The van der Waals surface area contributed by atoms with Crippen LogP contribution in [0.15, 0.2) is 12.4 Å². The molecule has 0 bridgehead atoms. The summed E-state index contributed by atoms with van der Waals surface area (Å²) in [6.45, 7) is 4.32. The molecule has 53 valence electrons. The van der Waals surface area contributed by atoms with Crippen molar-refractivity contribution in [1.82, 2.24) is 9.97 Å². The van der Waals surface area contributed by atoms with Gasteiger partial charge in [-0.25, -0.2) is 4.98 Å². The Morgan fingerprint density at radius 3 is 2.90 bits per heavy atom. The normalized spacial score (nSPS) is 10.3. The monoisotopic (exact) mass is 135 g/mol. The van der Waals surface area contributed by atoms with Crippen LogP contribution in [0.5, 0.6) is 0 Å². The lowest BCUT2D eigenvalue weighted by Crippen LogP contribution is -1.96. The van der Waals surface area contributed by atoms with Gasteiger partial charge in [0.15, 0.2) is 0 Å². The Bertz CT molecular complexity index is 182. The Kier molecular flexibility index (Phi) is 2.37. The molecule has 1 aromatic heterocycles. The lowest BCUT2D eigenvalue weighted by molar-refractivity contribution is 0.632. The van der Waals surface area contributed by atoms with Crippen LogP contribution in [0.1, 0.15) is 19.5 Å². The van der Waals surface area contributed by atoms with E-state index in [9.17, 15) is 0 Å². The third kappa shape index (κ3) is 2.13. The van der Waals surface area contributed by atoms with E-state index in [0.717, 1.165) is 12.1 Å². The van der Waals surface area contributed by atoms with Gasteiger partial charge in [-0.2, -0.15) is 0 Å². The highest BCUT2D eigenvalue weighted by Gasteiger charge is 1.96. The van der Waals surface area contributed by atoms with Crippen molar-refractivity contribution >= 4 is 0 Å². The second-order valence-electron chi connectivity index (χ2n) is 2.74. The quantitative estimate of drug-likeness (QED) is 0.613. The van der Waals surface area contributed by atoms with Crippen LogP contribution >= 0.6 is 0 Å². The molecule has 1 rings (SSSR count). The fourth-order valence-corrected chi connectivity index (χ4v) is 0.814. The molecule has 10 heavy (non-hydrogen) atoms. The first kappa shape index (κ1) is 7.19. The molecule has 2 nitrogen and oxygen atoms in total. The second-order valence-corrected chi connectivity index (χ2v) is 2.74. The van der Waals surface area contributed by atoms with Crippen molar-refractivity contribution in [3.8, 4) is 0 Å². The van der Waals surface area contributed by atoms with Gasteiger partial charge in [-0.1, -0.05) is 13.8 Å². The summed E-state index contributed by atoms with van der Waals surface area (Å²) in [6.07, 6.45) is 7.06. The summed E-state index contributed by atoms with van der Waals surface area (Å²) in [6, 6.07) is 0. The largest absolute Gasteiger partial charge is 0.260 e. The summed E-state index contributed by atoms with van der Waals surface area (Å²) in [4.78, 5) is 7.95. The molecule has 2 heteroatoms. The Balaban J connectivity index is 2.59. The van der Waals surface area contributed by atoms with Gasteiger partial charge < -0.3 is 0 Å². The van der Waals surface area contributed by atoms with Crippen molar-refractivity contribution in [2.45, 2.75) is 20.3 Å². The zero-order chi connectivity index (χ0) is 7.40. The van der Waals surface area contributed by atoms with Crippen molar-refractivity contribution in [2.75, 3.05) is 0 Å². The Morgan fingerprint density at radius 2 is 2.40 bits per heavy atom. The maximum atomic E-state index is 4.03. The van der Waals surface area contributed by atoms with E-state index in [1.54, 1.807) is 12.4 Å². The van der Waals surface area contributed by atoms with Gasteiger partial charge in [0.1, 0.15) is 6.20 Å². The summed E-state index contributed by atoms with van der Waals surface area (Å²) in [7, 11) is 0. The Morgan fingerprint density at radius 1 is 1.60 bits per heavy atom. The first-order valence-electron chi connectivity index (χ1n) is 3.46. The number of nitrogens with zero attached hydrogens (tertiary/aromatic N) is 2. The number of hydrogen-bond acceptors (Lipinski definition) is 2. The van der Waals surface area contributed by atoms with Gasteiger partial charge in [0.25, 0.3) is 0 Å². The smallest absolute Gasteiger partial charge is 0.109 e. The van der Waals surface area contributed by atoms with Gasteiger partial charge in [0.2, 0.25) is 0 Å². The van der Waals surface area contributed by atoms with Gasteiger partial charge in [-0.05, 0) is 12.3 Å². The molecule has 1 radical (unpaired) electrons. The van der Waals surface area contributed by atoms with E-state index < -0.39 is 0 Å². The van der Waals surface area contributed by atoms with Crippen LogP contribution in [0.4, 0.5) is 0 Å². The van der Waals surface area contributed by atoms with E-state index in [0.29, 0.717) is 5.92 Å². The van der Waals surface area contributed by atoms with E-state index in [-0.39, 0.29) is 0 Å². The van der Waals surface area contributed by atoms with Gasteiger partial charge in [0, 0.05) is 6.20 Å². The minimum absolute atomic E-state index is 0.644. The molecule has 0 spiro atoms. The molecule has 0 N–H and O–H groups in total. The van der Waals surface area contributed by atoms with Gasteiger partial charge in [-0.15, -0.1) is 0 Å². The van der Waals surface area contributed by atoms with Crippen molar-refractivity contribution in [2.24, 2.45) is 5.92 Å². The molecule has 1 heterocycles. The lowest BCUT2D eigenvalue weighted by atomic mass is 10.1. The zero-order valence-electron chi connectivity index (χ0n) is 6.33. The van der Waals surface area contributed by atoms with E-state index in [1.165, 1.54) is 0 Å². The van der Waals surface area contributed by atoms with E-state index >= 15 is 0 Å². The van der Waals surface area contributed by atoms with Crippen LogP contribution in [0.2, 0.25) is 0 Å². The number of rotatable bonds is 2. The molecule has 0 fully saturated rings. The molecule has 0 saturated carbocycles. The van der Waals surface area contributed by atoms with Crippen LogP contribution in [0.3, 0.4) is 0 Å². The highest BCUT2D eigenvalue weighted by Crippen LogP contribution is 2.01. The maximum absolute atomic E-state index is 4.03. The molecule has 0 saturated heterocycles. The van der Waals surface area contributed by atoms with Crippen LogP contribution < -0.4 is 0 Å². The topological polar surface area (TPSA) is 25.8 Å². The predicted octanol–water partition coefficient (Wildman–Crippen LogP) is 1.48. The molecule has 0 amide bonds. The van der Waals surface area contributed by atoms with E-state index in [1.807, 2.05) is 0 Å². The molecule has 0 aliphatic heterocycles. The summed E-state index contributed by atoms with van der Waals surface area (Å²) in [5, 5.41) is 0. The molecule has 1 aromatic rings. The molecule has 0 unspecified atom stereocenters. The predicted molar refractivity (Wildman–Crippen MR) is 39.4 cm³/mol. The van der Waals surface area contributed by atoms with Crippen molar-refractivity contribution in [3.63, 3.8) is 0 Å². The average Bonchev–Trinajstić information content (AvgIpc) is 1.88. The molecular formula is C8H11N2. The molecule has 0 aliphatic rings. The highest BCUT2D eigenvalue weighted by atomic mass is 14.8. The van der Waals surface area contributed by atoms with Gasteiger partial charge in [-0.3, -0.25) is 4.98 Å². The second kappa shape index (κ2) is 3.30. The fourth-order valence-electron chi connectivity index (χ4n) is 0.814. The number of aromatic nitrogens is 2.